The molecule has 106 valence electrons. The van der Waals surface area contributed by atoms with Crippen molar-refractivity contribution in [1.82, 2.24) is 5.32 Å². The summed E-state index contributed by atoms with van der Waals surface area (Å²) in [6, 6.07) is 9.54. The van der Waals surface area contributed by atoms with Crippen LogP contribution in [0.3, 0.4) is 0 Å². The molecule has 2 rings (SSSR count). The van der Waals surface area contributed by atoms with Gasteiger partial charge in [-0.1, -0.05) is 28.1 Å². The molecule has 5 heteroatoms. The minimum Gasteiger partial charge on any atom is -0.349 e. The maximum atomic E-state index is 12.3. The second-order valence-corrected chi connectivity index (χ2v) is 6.84. The van der Waals surface area contributed by atoms with E-state index in [9.17, 15) is 4.79 Å². The summed E-state index contributed by atoms with van der Waals surface area (Å²) >= 11 is 5.01. The fourth-order valence-electron chi connectivity index (χ4n) is 1.86. The molecule has 3 nitrogen and oxygen atoms in total. The number of thiophene rings is 1. The summed E-state index contributed by atoms with van der Waals surface area (Å²) in [5.41, 5.74) is 7.13. The van der Waals surface area contributed by atoms with Crippen LogP contribution in [0.4, 0.5) is 0 Å². The molecule has 1 heterocycles. The third-order valence-corrected chi connectivity index (χ3v) is 4.84. The van der Waals surface area contributed by atoms with Crippen LogP contribution in [0.1, 0.15) is 22.9 Å². The number of hydrogen-bond donors (Lipinski definition) is 2. The van der Waals surface area contributed by atoms with Crippen LogP contribution in [0.25, 0.3) is 0 Å². The number of hydrogen-bond acceptors (Lipinski definition) is 3. The van der Waals surface area contributed by atoms with E-state index in [4.69, 9.17) is 5.73 Å². The molecular weight excluding hydrogens is 336 g/mol. The zero-order chi connectivity index (χ0) is 14.8. The van der Waals surface area contributed by atoms with Crippen molar-refractivity contribution in [2.24, 2.45) is 5.73 Å². The molecule has 0 saturated carbocycles. The smallest absolute Gasteiger partial charge is 0.244 e. The van der Waals surface area contributed by atoms with Crippen molar-refractivity contribution in [3.05, 3.63) is 56.2 Å². The third kappa shape index (κ3) is 3.29. The van der Waals surface area contributed by atoms with Crippen molar-refractivity contribution in [3.8, 4) is 0 Å². The number of benzene rings is 1. The molecule has 20 heavy (non-hydrogen) atoms. The number of halogens is 1. The first-order valence-corrected chi connectivity index (χ1v) is 7.94. The van der Waals surface area contributed by atoms with E-state index in [0.29, 0.717) is 6.54 Å². The molecule has 0 aliphatic carbocycles. The summed E-state index contributed by atoms with van der Waals surface area (Å²) in [6.07, 6.45) is 0. The predicted octanol–water partition coefficient (Wildman–Crippen LogP) is 3.31. The van der Waals surface area contributed by atoms with E-state index < -0.39 is 5.54 Å². The van der Waals surface area contributed by atoms with Gasteiger partial charge in [0.15, 0.2) is 0 Å². The van der Waals surface area contributed by atoms with Crippen LogP contribution in [0, 0.1) is 6.92 Å². The molecular formula is C15H17BrN2OS. The fourth-order valence-corrected chi connectivity index (χ4v) is 2.97. The first-order chi connectivity index (χ1) is 9.41. The highest BCUT2D eigenvalue weighted by atomic mass is 79.9. The predicted molar refractivity (Wildman–Crippen MR) is 86.6 cm³/mol. The number of rotatable bonds is 4. The van der Waals surface area contributed by atoms with Gasteiger partial charge in [0.1, 0.15) is 5.54 Å². The Labute approximate surface area is 131 Å². The van der Waals surface area contributed by atoms with Gasteiger partial charge in [0, 0.05) is 9.35 Å². The average Bonchev–Trinajstić information content (AvgIpc) is 2.82. The van der Waals surface area contributed by atoms with E-state index in [1.54, 1.807) is 18.3 Å². The maximum Gasteiger partial charge on any atom is 0.244 e. The van der Waals surface area contributed by atoms with Gasteiger partial charge in [-0.2, -0.15) is 0 Å². The molecule has 0 spiro atoms. The van der Waals surface area contributed by atoms with Gasteiger partial charge in [0.2, 0.25) is 5.91 Å². The zero-order valence-corrected chi connectivity index (χ0v) is 13.8. The fraction of sp³-hybridized carbons (Fsp3) is 0.267. The van der Waals surface area contributed by atoms with Gasteiger partial charge < -0.3 is 11.1 Å². The van der Waals surface area contributed by atoms with E-state index in [-0.39, 0.29) is 5.91 Å². The van der Waals surface area contributed by atoms with Gasteiger partial charge in [-0.3, -0.25) is 4.79 Å². The van der Waals surface area contributed by atoms with Crippen molar-refractivity contribution in [2.75, 3.05) is 0 Å². The molecule has 0 aliphatic heterocycles. The van der Waals surface area contributed by atoms with Crippen molar-refractivity contribution >= 4 is 33.2 Å². The van der Waals surface area contributed by atoms with Crippen molar-refractivity contribution in [1.29, 1.82) is 0 Å². The highest BCUT2D eigenvalue weighted by molar-refractivity contribution is 9.10. The Bertz CT molecular complexity index is 605. The van der Waals surface area contributed by atoms with Crippen LogP contribution in [0.15, 0.2) is 40.2 Å². The van der Waals surface area contributed by atoms with Crippen LogP contribution in [0.5, 0.6) is 0 Å². The van der Waals surface area contributed by atoms with Gasteiger partial charge in [-0.05, 0) is 48.6 Å². The topological polar surface area (TPSA) is 55.1 Å². The second-order valence-electron chi connectivity index (χ2n) is 4.92. The number of amides is 1. The number of nitrogens with one attached hydrogen (secondary N) is 1. The number of carbonyl (C=O) groups is 1. The Balaban J connectivity index is 2.07. The first-order valence-electron chi connectivity index (χ1n) is 6.27. The van der Waals surface area contributed by atoms with Gasteiger partial charge in [-0.25, -0.2) is 0 Å². The molecule has 0 bridgehead atoms. The molecule has 1 unspecified atom stereocenters. The Morgan fingerprint density at radius 2 is 2.00 bits per heavy atom. The van der Waals surface area contributed by atoms with Crippen LogP contribution < -0.4 is 11.1 Å². The van der Waals surface area contributed by atoms with E-state index in [0.717, 1.165) is 14.9 Å². The molecule has 0 saturated heterocycles. The molecule has 0 aliphatic rings. The Hall–Kier alpha value is -1.17. The number of nitrogens with two attached hydrogens (primary N) is 1. The van der Waals surface area contributed by atoms with Gasteiger partial charge in [-0.15, -0.1) is 11.3 Å². The summed E-state index contributed by atoms with van der Waals surface area (Å²) in [5, 5.41) is 4.94. The lowest BCUT2D eigenvalue weighted by Crippen LogP contribution is -2.48. The average molecular weight is 353 g/mol. The third-order valence-electron chi connectivity index (χ3n) is 3.29. The Kier molecular flexibility index (Phi) is 4.62. The highest BCUT2D eigenvalue weighted by Gasteiger charge is 2.30. The maximum absolute atomic E-state index is 12.3. The standard InChI is InChI=1S/C15H17BrN2OS/c1-10-7-8-20-13(10)9-18-14(19)15(2,17)11-3-5-12(16)6-4-11/h3-8H,9,17H2,1-2H3,(H,18,19). The molecule has 1 atom stereocenters. The van der Waals surface area contributed by atoms with Crippen molar-refractivity contribution < 1.29 is 4.79 Å². The molecule has 3 N–H and O–H groups in total. The van der Waals surface area contributed by atoms with Gasteiger partial charge in [0.05, 0.1) is 6.54 Å². The van der Waals surface area contributed by atoms with Crippen LogP contribution in [-0.4, -0.2) is 5.91 Å². The minimum atomic E-state index is -1.04. The lowest BCUT2D eigenvalue weighted by Gasteiger charge is -2.24. The zero-order valence-electron chi connectivity index (χ0n) is 11.4. The molecule has 1 aromatic heterocycles. The Morgan fingerprint density at radius 3 is 2.55 bits per heavy atom. The van der Waals surface area contributed by atoms with Crippen LogP contribution in [-0.2, 0) is 16.9 Å². The Morgan fingerprint density at radius 1 is 1.35 bits per heavy atom. The summed E-state index contributed by atoms with van der Waals surface area (Å²) in [7, 11) is 0. The number of carbonyl (C=O) groups excluding carboxylic acids is 1. The normalized spacial score (nSPS) is 13.8. The molecule has 2 aromatic rings. The van der Waals surface area contributed by atoms with Gasteiger partial charge >= 0.3 is 0 Å². The molecule has 0 radical (unpaired) electrons. The van der Waals surface area contributed by atoms with E-state index in [2.05, 4.69) is 21.2 Å². The van der Waals surface area contributed by atoms with E-state index >= 15 is 0 Å². The monoisotopic (exact) mass is 352 g/mol. The summed E-state index contributed by atoms with van der Waals surface area (Å²) < 4.78 is 0.965. The summed E-state index contributed by atoms with van der Waals surface area (Å²) in [5.74, 6) is -0.173. The van der Waals surface area contributed by atoms with Gasteiger partial charge in [0.25, 0.3) is 0 Å². The SMILES string of the molecule is Cc1ccsc1CNC(=O)C(C)(N)c1ccc(Br)cc1. The van der Waals surface area contributed by atoms with Crippen molar-refractivity contribution in [2.45, 2.75) is 25.9 Å². The summed E-state index contributed by atoms with van der Waals surface area (Å²) in [4.78, 5) is 13.5. The molecule has 1 aromatic carbocycles. The van der Waals surface area contributed by atoms with Crippen molar-refractivity contribution in [3.63, 3.8) is 0 Å². The summed E-state index contributed by atoms with van der Waals surface area (Å²) in [6.45, 7) is 4.28. The lowest BCUT2D eigenvalue weighted by atomic mass is 9.92. The largest absolute Gasteiger partial charge is 0.349 e. The minimum absolute atomic E-state index is 0.173. The van der Waals surface area contributed by atoms with Crippen LogP contribution in [0.2, 0.25) is 0 Å². The number of aryl methyl sites for hydroxylation is 1. The lowest BCUT2D eigenvalue weighted by molar-refractivity contribution is -0.126. The quantitative estimate of drug-likeness (QED) is 0.886. The first kappa shape index (κ1) is 15.2. The molecule has 1 amide bonds. The van der Waals surface area contributed by atoms with Crippen LogP contribution >= 0.6 is 27.3 Å². The molecule has 0 fully saturated rings. The van der Waals surface area contributed by atoms with E-state index in [1.807, 2.05) is 42.6 Å². The van der Waals surface area contributed by atoms with E-state index in [1.165, 1.54) is 5.56 Å². The second kappa shape index (κ2) is 6.08. The highest BCUT2D eigenvalue weighted by Crippen LogP contribution is 2.21.